The van der Waals surface area contributed by atoms with E-state index in [0.29, 0.717) is 36.5 Å². The van der Waals surface area contributed by atoms with Gasteiger partial charge in [-0.1, -0.05) is 6.07 Å². The summed E-state index contributed by atoms with van der Waals surface area (Å²) >= 11 is 0. The van der Waals surface area contributed by atoms with Crippen molar-refractivity contribution in [3.8, 4) is 22.9 Å². The van der Waals surface area contributed by atoms with Gasteiger partial charge in [0.25, 0.3) is 5.56 Å². The maximum Gasteiger partial charge on any atom is 0.255 e. The van der Waals surface area contributed by atoms with Gasteiger partial charge in [0.2, 0.25) is 0 Å². The van der Waals surface area contributed by atoms with E-state index in [1.54, 1.807) is 24.5 Å². The molecule has 0 atom stereocenters. The highest BCUT2D eigenvalue weighted by Crippen LogP contribution is 2.26. The molecule has 3 heterocycles. The minimum Gasteiger partial charge on any atom is -0.508 e. The van der Waals surface area contributed by atoms with E-state index in [4.69, 9.17) is 0 Å². The topological polar surface area (TPSA) is 102 Å². The molecule has 1 aliphatic heterocycles. The third kappa shape index (κ3) is 3.16. The first-order valence-corrected chi connectivity index (χ1v) is 8.36. The van der Waals surface area contributed by atoms with Gasteiger partial charge in [-0.15, -0.1) is 0 Å². The van der Waals surface area contributed by atoms with Gasteiger partial charge in [0.05, 0.1) is 11.3 Å². The van der Waals surface area contributed by atoms with Gasteiger partial charge in [0, 0.05) is 55.6 Å². The lowest BCUT2D eigenvalue weighted by molar-refractivity contribution is 0.238. The van der Waals surface area contributed by atoms with Crippen LogP contribution in [0.4, 0.5) is 0 Å². The summed E-state index contributed by atoms with van der Waals surface area (Å²) in [6.45, 7) is 1.70. The Morgan fingerprint density at radius 2 is 1.96 bits per heavy atom. The zero-order chi connectivity index (χ0) is 18.1. The normalized spacial score (nSPS) is 14.2. The van der Waals surface area contributed by atoms with Crippen LogP contribution in [0.1, 0.15) is 16.8 Å². The van der Waals surface area contributed by atoms with E-state index in [9.17, 15) is 15.0 Å². The fourth-order valence-corrected chi connectivity index (χ4v) is 3.19. The molecule has 7 nitrogen and oxygen atoms in total. The molecule has 3 N–H and O–H groups in total. The number of hydrogen-bond acceptors (Lipinski definition) is 6. The SMILES string of the molecule is O=c1[nH]c(-c2ccncc2)nc2c1CN(Cc1ccc(O)cc1O)CC2. The number of aromatic hydroxyl groups is 2. The monoisotopic (exact) mass is 350 g/mol. The van der Waals surface area contributed by atoms with Gasteiger partial charge in [-0.05, 0) is 18.2 Å². The lowest BCUT2D eigenvalue weighted by atomic mass is 10.1. The molecule has 26 heavy (non-hydrogen) atoms. The van der Waals surface area contributed by atoms with Crippen LogP contribution in [0, 0.1) is 0 Å². The molecule has 0 spiro atoms. The fraction of sp³-hybridized carbons (Fsp3) is 0.211. The lowest BCUT2D eigenvalue weighted by Gasteiger charge is -2.28. The number of phenolic OH excluding ortho intramolecular Hbond substituents is 2. The molecule has 0 saturated heterocycles. The van der Waals surface area contributed by atoms with Crippen LogP contribution in [0.25, 0.3) is 11.4 Å². The molecule has 1 aromatic carbocycles. The Morgan fingerprint density at radius 1 is 1.15 bits per heavy atom. The number of phenols is 2. The minimum atomic E-state index is -0.138. The summed E-state index contributed by atoms with van der Waals surface area (Å²) in [4.78, 5) is 26.1. The van der Waals surface area contributed by atoms with Gasteiger partial charge in [0.15, 0.2) is 0 Å². The highest BCUT2D eigenvalue weighted by atomic mass is 16.3. The first-order valence-electron chi connectivity index (χ1n) is 8.36. The van der Waals surface area contributed by atoms with Gasteiger partial charge < -0.3 is 15.2 Å². The summed E-state index contributed by atoms with van der Waals surface area (Å²) in [5.41, 5.74) is 2.88. The van der Waals surface area contributed by atoms with Crippen molar-refractivity contribution >= 4 is 0 Å². The van der Waals surface area contributed by atoms with Crippen molar-refractivity contribution in [3.63, 3.8) is 0 Å². The molecule has 0 radical (unpaired) electrons. The van der Waals surface area contributed by atoms with E-state index in [2.05, 4.69) is 19.9 Å². The molecule has 0 amide bonds. The molecule has 0 fully saturated rings. The van der Waals surface area contributed by atoms with Crippen molar-refractivity contribution in [2.75, 3.05) is 6.54 Å². The third-order valence-electron chi connectivity index (χ3n) is 4.56. The zero-order valence-corrected chi connectivity index (χ0v) is 14.0. The lowest BCUT2D eigenvalue weighted by Crippen LogP contribution is -2.35. The largest absolute Gasteiger partial charge is 0.508 e. The Labute approximate surface area is 149 Å². The smallest absolute Gasteiger partial charge is 0.255 e. The van der Waals surface area contributed by atoms with Gasteiger partial charge in [-0.2, -0.15) is 0 Å². The van der Waals surface area contributed by atoms with Crippen LogP contribution in [0.5, 0.6) is 11.5 Å². The second kappa shape index (κ2) is 6.61. The summed E-state index contributed by atoms with van der Waals surface area (Å²) in [6, 6.07) is 8.18. The molecule has 1 aliphatic rings. The third-order valence-corrected chi connectivity index (χ3v) is 4.56. The summed E-state index contributed by atoms with van der Waals surface area (Å²) in [5, 5.41) is 19.4. The number of pyridine rings is 1. The summed E-state index contributed by atoms with van der Waals surface area (Å²) in [6.07, 6.45) is 4.00. The Kier molecular flexibility index (Phi) is 4.14. The zero-order valence-electron chi connectivity index (χ0n) is 14.0. The van der Waals surface area contributed by atoms with Crippen LogP contribution in [0.15, 0.2) is 47.5 Å². The first-order chi connectivity index (χ1) is 12.6. The van der Waals surface area contributed by atoms with Crippen LogP contribution >= 0.6 is 0 Å². The number of rotatable bonds is 3. The van der Waals surface area contributed by atoms with Gasteiger partial charge in [-0.25, -0.2) is 4.98 Å². The van der Waals surface area contributed by atoms with Crippen molar-refractivity contribution < 1.29 is 10.2 Å². The van der Waals surface area contributed by atoms with Gasteiger partial charge >= 0.3 is 0 Å². The maximum atomic E-state index is 12.5. The maximum absolute atomic E-state index is 12.5. The van der Waals surface area contributed by atoms with E-state index in [0.717, 1.165) is 17.8 Å². The van der Waals surface area contributed by atoms with E-state index in [1.165, 1.54) is 6.07 Å². The second-order valence-corrected chi connectivity index (χ2v) is 6.35. The predicted molar refractivity (Wildman–Crippen MR) is 95.7 cm³/mol. The van der Waals surface area contributed by atoms with Crippen LogP contribution in [0.2, 0.25) is 0 Å². The number of benzene rings is 1. The fourth-order valence-electron chi connectivity index (χ4n) is 3.19. The number of fused-ring (bicyclic) bond motifs is 1. The Hall–Kier alpha value is -3.19. The van der Waals surface area contributed by atoms with E-state index < -0.39 is 0 Å². The Morgan fingerprint density at radius 3 is 2.73 bits per heavy atom. The Balaban J connectivity index is 1.58. The highest BCUT2D eigenvalue weighted by Gasteiger charge is 2.22. The second-order valence-electron chi connectivity index (χ2n) is 6.35. The standard InChI is InChI=1S/C19H18N4O3/c24-14-2-1-13(17(25)9-14)10-23-8-5-16-15(11-23)19(26)22-18(21-16)12-3-6-20-7-4-12/h1-4,6-7,9,24-25H,5,8,10-11H2,(H,21,22,26). The average molecular weight is 350 g/mol. The number of hydrogen-bond donors (Lipinski definition) is 3. The number of aromatic amines is 1. The molecular formula is C19H18N4O3. The quantitative estimate of drug-likeness (QED) is 0.666. The molecule has 0 unspecified atom stereocenters. The minimum absolute atomic E-state index is 0.0273. The van der Waals surface area contributed by atoms with Crippen molar-refractivity contribution in [3.05, 3.63) is 69.9 Å². The molecule has 3 aromatic rings. The predicted octanol–water partition coefficient (Wildman–Crippen LogP) is 1.80. The molecular weight excluding hydrogens is 332 g/mol. The van der Waals surface area contributed by atoms with E-state index in [1.807, 2.05) is 12.1 Å². The first kappa shape index (κ1) is 16.3. The van der Waals surface area contributed by atoms with Crippen molar-refractivity contribution in [2.45, 2.75) is 19.5 Å². The van der Waals surface area contributed by atoms with Crippen molar-refractivity contribution in [2.24, 2.45) is 0 Å². The van der Waals surface area contributed by atoms with Gasteiger partial charge in [-0.3, -0.25) is 14.7 Å². The molecule has 0 bridgehead atoms. The van der Waals surface area contributed by atoms with Crippen LogP contribution in [0.3, 0.4) is 0 Å². The molecule has 132 valence electrons. The number of nitrogens with one attached hydrogen (secondary N) is 1. The van der Waals surface area contributed by atoms with Crippen LogP contribution in [-0.2, 0) is 19.5 Å². The molecule has 7 heteroatoms. The van der Waals surface area contributed by atoms with Crippen LogP contribution in [-0.4, -0.2) is 36.6 Å². The number of H-pyrrole nitrogens is 1. The van der Waals surface area contributed by atoms with Gasteiger partial charge in [0.1, 0.15) is 17.3 Å². The Bertz CT molecular complexity index is 1000. The summed E-state index contributed by atoms with van der Waals surface area (Å²) < 4.78 is 0. The number of nitrogens with zero attached hydrogens (tertiary/aromatic N) is 3. The van der Waals surface area contributed by atoms with Crippen LogP contribution < -0.4 is 5.56 Å². The average Bonchev–Trinajstić information content (AvgIpc) is 2.65. The molecule has 0 saturated carbocycles. The van der Waals surface area contributed by atoms with E-state index in [-0.39, 0.29) is 17.1 Å². The molecule has 2 aromatic heterocycles. The van der Waals surface area contributed by atoms with Crippen molar-refractivity contribution in [1.29, 1.82) is 0 Å². The summed E-state index contributed by atoms with van der Waals surface area (Å²) in [7, 11) is 0. The highest BCUT2D eigenvalue weighted by molar-refractivity contribution is 5.54. The molecule has 4 rings (SSSR count). The summed E-state index contributed by atoms with van der Waals surface area (Å²) in [5.74, 6) is 0.635. The number of aromatic nitrogens is 3. The van der Waals surface area contributed by atoms with E-state index >= 15 is 0 Å². The molecule has 0 aliphatic carbocycles. The van der Waals surface area contributed by atoms with Crippen molar-refractivity contribution in [1.82, 2.24) is 19.9 Å².